The number of amides is 1. The van der Waals surface area contributed by atoms with Crippen molar-refractivity contribution in [2.75, 3.05) is 20.3 Å². The quantitative estimate of drug-likeness (QED) is 0.459. The van der Waals surface area contributed by atoms with Crippen molar-refractivity contribution in [1.82, 2.24) is 5.32 Å². The molecule has 1 rings (SSSR count). The second-order valence-electron chi connectivity index (χ2n) is 4.27. The fourth-order valence-electron chi connectivity index (χ4n) is 1.24. The van der Waals surface area contributed by atoms with E-state index in [0.717, 1.165) is 6.92 Å². The molecule has 0 spiro atoms. The van der Waals surface area contributed by atoms with Crippen LogP contribution in [0, 0.1) is 6.92 Å². The van der Waals surface area contributed by atoms with Gasteiger partial charge in [0.15, 0.2) is 0 Å². The van der Waals surface area contributed by atoms with Gasteiger partial charge in [-0.1, -0.05) is 0 Å². The molecule has 1 aromatic rings. The van der Waals surface area contributed by atoms with Gasteiger partial charge in [0.1, 0.15) is 12.4 Å². The van der Waals surface area contributed by atoms with Gasteiger partial charge in [0.25, 0.3) is 11.9 Å². The summed E-state index contributed by atoms with van der Waals surface area (Å²) in [5.74, 6) is -2.05. The van der Waals surface area contributed by atoms with Crippen LogP contribution >= 0.6 is 0 Å². The zero-order valence-electron chi connectivity index (χ0n) is 13.6. The Morgan fingerprint density at radius 3 is 2.21 bits per heavy atom. The number of carbonyl (C=O) groups excluding carboxylic acids is 2. The van der Waals surface area contributed by atoms with Crippen molar-refractivity contribution in [1.29, 1.82) is 0 Å². The van der Waals surface area contributed by atoms with Crippen LogP contribution < -0.4 is 15.2 Å². The number of carboxylic acid groups (broad SMARTS) is 2. The first-order chi connectivity index (χ1) is 10.8. The molecule has 1 amide bonds. The summed E-state index contributed by atoms with van der Waals surface area (Å²) < 4.78 is 9.80. The van der Waals surface area contributed by atoms with E-state index in [0.29, 0.717) is 17.9 Å². The van der Waals surface area contributed by atoms with Crippen LogP contribution in [0.2, 0.25) is 0 Å². The van der Waals surface area contributed by atoms with E-state index < -0.39 is 18.5 Å². The number of hydrogen-bond donors (Lipinski definition) is 2. The molecule has 0 saturated carbocycles. The summed E-state index contributed by atoms with van der Waals surface area (Å²) in [5.41, 5.74) is 0.434. The van der Waals surface area contributed by atoms with Crippen molar-refractivity contribution >= 4 is 17.8 Å². The van der Waals surface area contributed by atoms with Crippen LogP contribution in [0.4, 0.5) is 0 Å². The normalized spacial score (nSPS) is 10.3. The SMILES string of the molecule is CC(=O)O.[CH2]C(CNC(=O)c1ccc(OCC(=O)[O-])cc1)OC.[Hg+]. The van der Waals surface area contributed by atoms with Gasteiger partial charge in [0.05, 0.1) is 12.1 Å². The summed E-state index contributed by atoms with van der Waals surface area (Å²) in [6, 6.07) is 6.08. The number of methoxy groups -OCH3 is 1. The maximum atomic E-state index is 11.7. The van der Waals surface area contributed by atoms with E-state index in [1.807, 2.05) is 0 Å². The molecule has 0 aliphatic rings. The molecular weight excluding hydrogens is 507 g/mol. The van der Waals surface area contributed by atoms with E-state index in [4.69, 9.17) is 19.4 Å². The van der Waals surface area contributed by atoms with Gasteiger partial charge in [-0.2, -0.15) is 0 Å². The number of aliphatic carboxylic acids is 2. The summed E-state index contributed by atoms with van der Waals surface area (Å²) in [6.07, 6.45) is -0.311. The molecule has 8 nitrogen and oxygen atoms in total. The smallest absolute Gasteiger partial charge is 0.546 e. The van der Waals surface area contributed by atoms with Gasteiger partial charge in [0, 0.05) is 26.1 Å². The van der Waals surface area contributed by atoms with Gasteiger partial charge in [0.2, 0.25) is 0 Å². The molecule has 0 aliphatic carbocycles. The molecule has 0 bridgehead atoms. The Hall–Kier alpha value is -1.67. The molecule has 0 saturated heterocycles. The Morgan fingerprint density at radius 2 is 1.79 bits per heavy atom. The van der Waals surface area contributed by atoms with Crippen molar-refractivity contribution in [2.45, 2.75) is 13.0 Å². The van der Waals surface area contributed by atoms with E-state index in [-0.39, 0.29) is 39.7 Å². The Balaban J connectivity index is 0. The number of rotatable bonds is 7. The van der Waals surface area contributed by atoms with Gasteiger partial charge in [-0.05, 0) is 31.2 Å². The molecule has 0 heterocycles. The number of benzene rings is 1. The number of nitrogens with one attached hydrogen (secondary N) is 1. The number of ether oxygens (including phenoxy) is 2. The molecule has 9 heteroatoms. The van der Waals surface area contributed by atoms with Crippen molar-refractivity contribution < 1.29 is 61.7 Å². The fourth-order valence-corrected chi connectivity index (χ4v) is 1.24. The van der Waals surface area contributed by atoms with Crippen LogP contribution in [0.3, 0.4) is 0 Å². The Kier molecular flexibility index (Phi) is 14.1. The summed E-state index contributed by atoms with van der Waals surface area (Å²) in [4.78, 5) is 30.9. The van der Waals surface area contributed by atoms with E-state index in [2.05, 4.69) is 12.2 Å². The summed E-state index contributed by atoms with van der Waals surface area (Å²) >= 11 is 0. The topological polar surface area (TPSA) is 125 Å². The Bertz CT molecular complexity index is 515. The van der Waals surface area contributed by atoms with Crippen LogP contribution in [-0.4, -0.2) is 49.3 Å². The molecule has 128 valence electrons. The second-order valence-corrected chi connectivity index (χ2v) is 4.27. The van der Waals surface area contributed by atoms with Crippen LogP contribution in [0.25, 0.3) is 0 Å². The summed E-state index contributed by atoms with van der Waals surface area (Å²) in [7, 11) is 1.51. The third kappa shape index (κ3) is 12.8. The maximum absolute atomic E-state index is 11.7. The van der Waals surface area contributed by atoms with Crippen LogP contribution in [0.5, 0.6) is 5.75 Å². The Morgan fingerprint density at radius 1 is 1.29 bits per heavy atom. The van der Waals surface area contributed by atoms with E-state index in [9.17, 15) is 14.7 Å². The molecule has 0 aromatic heterocycles. The standard InChI is InChI=1S/C13H16NO5.C2H4O2.Hg/c1-9(18-2)7-14-13(17)10-3-5-11(6-4-10)19-8-12(15)16;1-2(3)4;/h3-6,9H,1,7-8H2,2H3,(H,14,17)(H,15,16);1H3,(H,3,4);/q;;+1/p-1. The van der Waals surface area contributed by atoms with Crippen molar-refractivity contribution in [2.24, 2.45) is 0 Å². The largest absolute Gasteiger partial charge is 1.00 e. The molecule has 2 N–H and O–H groups in total. The summed E-state index contributed by atoms with van der Waals surface area (Å²) in [5, 5.41) is 20.3. The molecular formula is C15H19HgNO7. The first-order valence-corrected chi connectivity index (χ1v) is 6.52. The van der Waals surface area contributed by atoms with E-state index in [1.54, 1.807) is 0 Å². The van der Waals surface area contributed by atoms with Gasteiger partial charge in [-0.25, -0.2) is 0 Å². The minimum atomic E-state index is -1.30. The molecule has 1 unspecified atom stereocenters. The predicted octanol–water partition coefficient (Wildman–Crippen LogP) is -0.517. The summed E-state index contributed by atoms with van der Waals surface area (Å²) in [6.45, 7) is 4.52. The van der Waals surface area contributed by atoms with E-state index in [1.165, 1.54) is 31.4 Å². The monoisotopic (exact) mass is 527 g/mol. The number of hydrogen-bond acceptors (Lipinski definition) is 6. The Labute approximate surface area is 160 Å². The first-order valence-electron chi connectivity index (χ1n) is 6.52. The van der Waals surface area contributed by atoms with Crippen LogP contribution in [0.1, 0.15) is 17.3 Å². The zero-order chi connectivity index (χ0) is 17.8. The second kappa shape index (κ2) is 13.7. The minimum absolute atomic E-state index is 0. The molecule has 2 radical (unpaired) electrons. The molecule has 1 aromatic carbocycles. The average molecular weight is 526 g/mol. The van der Waals surface area contributed by atoms with Gasteiger partial charge < -0.3 is 29.8 Å². The molecule has 24 heavy (non-hydrogen) atoms. The predicted molar refractivity (Wildman–Crippen MR) is 78.7 cm³/mol. The molecule has 0 aliphatic heterocycles. The maximum Gasteiger partial charge on any atom is 1.00 e. The van der Waals surface area contributed by atoms with Crippen LogP contribution in [0.15, 0.2) is 24.3 Å². The first kappa shape index (κ1) is 24.6. The van der Waals surface area contributed by atoms with Gasteiger partial charge >= 0.3 is 27.7 Å². The minimum Gasteiger partial charge on any atom is -0.546 e. The number of carbonyl (C=O) groups is 3. The fraction of sp³-hybridized carbons (Fsp3) is 0.333. The third-order valence-corrected chi connectivity index (χ3v) is 2.30. The van der Waals surface area contributed by atoms with Crippen molar-refractivity contribution in [3.05, 3.63) is 36.8 Å². The van der Waals surface area contributed by atoms with Crippen LogP contribution in [-0.2, 0) is 42.0 Å². The van der Waals surface area contributed by atoms with Crippen molar-refractivity contribution in [3.63, 3.8) is 0 Å². The van der Waals surface area contributed by atoms with Crippen molar-refractivity contribution in [3.8, 4) is 5.75 Å². The molecule has 1 atom stereocenters. The zero-order valence-corrected chi connectivity index (χ0v) is 19.1. The third-order valence-electron chi connectivity index (χ3n) is 2.30. The van der Waals surface area contributed by atoms with E-state index >= 15 is 0 Å². The number of carboxylic acids is 2. The molecule has 0 fully saturated rings. The average Bonchev–Trinajstić information content (AvgIpc) is 2.50. The van der Waals surface area contributed by atoms with Gasteiger partial charge in [-0.3, -0.25) is 9.59 Å². The van der Waals surface area contributed by atoms with Gasteiger partial charge in [-0.15, -0.1) is 0 Å².